The van der Waals surface area contributed by atoms with E-state index in [1.165, 1.54) is 0 Å². The second kappa shape index (κ2) is 5.61. The second-order valence-electron chi connectivity index (χ2n) is 3.40. The van der Waals surface area contributed by atoms with E-state index < -0.39 is 17.7 Å². The number of rotatable bonds is 5. The van der Waals surface area contributed by atoms with Gasteiger partial charge in [-0.05, 0) is 6.92 Å². The van der Waals surface area contributed by atoms with Crippen LogP contribution in [0, 0.1) is 0 Å². The number of aromatic nitrogens is 3. The molecule has 18 heavy (non-hydrogen) atoms. The quantitative estimate of drug-likeness (QED) is 0.788. The molecule has 0 fully saturated rings. The van der Waals surface area contributed by atoms with Crippen molar-refractivity contribution in [2.75, 3.05) is 6.54 Å². The summed E-state index contributed by atoms with van der Waals surface area (Å²) in [4.78, 5) is 21.9. The Morgan fingerprint density at radius 3 is 2.67 bits per heavy atom. The van der Waals surface area contributed by atoms with Crippen LogP contribution in [-0.2, 0) is 11.3 Å². The van der Waals surface area contributed by atoms with Gasteiger partial charge in [-0.3, -0.25) is 14.3 Å². The number of nitrogens with zero attached hydrogens (tertiary/aromatic N) is 3. The number of alkyl halides is 3. The number of hydrogen-bond donors (Lipinski definition) is 1. The first kappa shape index (κ1) is 14.1. The van der Waals surface area contributed by atoms with E-state index in [0.717, 1.165) is 10.9 Å². The largest absolute Gasteiger partial charge is 0.456 e. The molecule has 9 heteroatoms. The van der Waals surface area contributed by atoms with Crippen molar-refractivity contribution < 1.29 is 22.8 Å². The zero-order valence-corrected chi connectivity index (χ0v) is 9.49. The Kier molecular flexibility index (Phi) is 4.40. The highest BCUT2D eigenvalue weighted by atomic mass is 19.4. The predicted octanol–water partition coefficient (Wildman–Crippen LogP) is 0.549. The molecule has 0 aromatic carbocycles. The molecule has 0 atom stereocenters. The van der Waals surface area contributed by atoms with Gasteiger partial charge in [0.05, 0.1) is 12.7 Å². The standard InChI is InChI=1S/C9H11F3N4O2/c1-2-13-7(17)3-4-16-5-6(14-15-16)8(18)9(10,11)12/h5H,2-4H2,1H3,(H,13,17). The summed E-state index contributed by atoms with van der Waals surface area (Å²) >= 11 is 0. The molecule has 1 aromatic heterocycles. The molecule has 0 unspecified atom stereocenters. The van der Waals surface area contributed by atoms with Crippen molar-refractivity contribution in [3.63, 3.8) is 0 Å². The highest BCUT2D eigenvalue weighted by molar-refractivity contribution is 5.98. The summed E-state index contributed by atoms with van der Waals surface area (Å²) in [5, 5.41) is 8.99. The first-order valence-corrected chi connectivity index (χ1v) is 5.13. The fraction of sp³-hybridized carbons (Fsp3) is 0.556. The Hall–Kier alpha value is -1.93. The Bertz CT molecular complexity index is 441. The van der Waals surface area contributed by atoms with Crippen LogP contribution in [0.5, 0.6) is 0 Å². The van der Waals surface area contributed by atoms with Crippen LogP contribution in [0.2, 0.25) is 0 Å². The van der Waals surface area contributed by atoms with Crippen LogP contribution in [0.4, 0.5) is 13.2 Å². The number of ketones is 1. The molecule has 1 heterocycles. The molecular weight excluding hydrogens is 253 g/mol. The van der Waals surface area contributed by atoms with Gasteiger partial charge in [0.1, 0.15) is 0 Å². The summed E-state index contributed by atoms with van der Waals surface area (Å²) in [6, 6.07) is 0. The lowest BCUT2D eigenvalue weighted by Crippen LogP contribution is -2.24. The summed E-state index contributed by atoms with van der Waals surface area (Å²) in [6.07, 6.45) is -4.05. The summed E-state index contributed by atoms with van der Waals surface area (Å²) in [5.74, 6) is -2.30. The molecule has 0 aliphatic carbocycles. The Balaban J connectivity index is 2.59. The smallest absolute Gasteiger partial charge is 0.356 e. The zero-order chi connectivity index (χ0) is 13.8. The molecule has 1 N–H and O–H groups in total. The van der Waals surface area contributed by atoms with E-state index >= 15 is 0 Å². The summed E-state index contributed by atoms with van der Waals surface area (Å²) < 4.78 is 37.2. The van der Waals surface area contributed by atoms with Crippen LogP contribution in [0.1, 0.15) is 23.8 Å². The second-order valence-corrected chi connectivity index (χ2v) is 3.40. The van der Waals surface area contributed by atoms with Gasteiger partial charge >= 0.3 is 6.18 Å². The van der Waals surface area contributed by atoms with E-state index in [0.29, 0.717) is 6.54 Å². The third kappa shape index (κ3) is 3.82. The maximum Gasteiger partial charge on any atom is 0.456 e. The first-order chi connectivity index (χ1) is 8.34. The number of hydrogen-bond acceptors (Lipinski definition) is 4. The van der Waals surface area contributed by atoms with Gasteiger partial charge in [-0.1, -0.05) is 5.21 Å². The Labute approximate surface area is 100 Å². The summed E-state index contributed by atoms with van der Waals surface area (Å²) in [6.45, 7) is 2.27. The van der Waals surface area contributed by atoms with Gasteiger partial charge in [0, 0.05) is 13.0 Å². The van der Waals surface area contributed by atoms with Gasteiger partial charge < -0.3 is 5.32 Å². The topological polar surface area (TPSA) is 76.9 Å². The highest BCUT2D eigenvalue weighted by Gasteiger charge is 2.41. The number of aryl methyl sites for hydroxylation is 1. The van der Waals surface area contributed by atoms with Crippen molar-refractivity contribution in [1.29, 1.82) is 0 Å². The molecule has 0 saturated heterocycles. The fourth-order valence-electron chi connectivity index (χ4n) is 1.16. The molecule has 1 amide bonds. The molecule has 0 spiro atoms. The number of nitrogens with one attached hydrogen (secondary N) is 1. The normalized spacial score (nSPS) is 11.3. The van der Waals surface area contributed by atoms with Crippen LogP contribution in [0.25, 0.3) is 0 Å². The van der Waals surface area contributed by atoms with Crippen LogP contribution in [0.15, 0.2) is 6.20 Å². The van der Waals surface area contributed by atoms with Crippen molar-refractivity contribution >= 4 is 11.7 Å². The number of carbonyl (C=O) groups excluding carboxylic acids is 2. The Morgan fingerprint density at radius 2 is 2.11 bits per heavy atom. The molecule has 0 radical (unpaired) electrons. The average molecular weight is 264 g/mol. The number of carbonyl (C=O) groups is 2. The predicted molar refractivity (Wildman–Crippen MR) is 53.7 cm³/mol. The van der Waals surface area contributed by atoms with E-state index in [9.17, 15) is 22.8 Å². The molecule has 1 aromatic rings. The van der Waals surface area contributed by atoms with E-state index in [-0.39, 0.29) is 18.9 Å². The SMILES string of the molecule is CCNC(=O)CCn1cc(C(=O)C(F)(F)F)nn1. The van der Waals surface area contributed by atoms with Gasteiger partial charge in [-0.25, -0.2) is 0 Å². The van der Waals surface area contributed by atoms with Crippen molar-refractivity contribution in [2.24, 2.45) is 0 Å². The fourth-order valence-corrected chi connectivity index (χ4v) is 1.16. The average Bonchev–Trinajstić information content (AvgIpc) is 2.73. The lowest BCUT2D eigenvalue weighted by atomic mass is 10.3. The molecule has 0 bridgehead atoms. The van der Waals surface area contributed by atoms with Crippen molar-refractivity contribution in [1.82, 2.24) is 20.3 Å². The van der Waals surface area contributed by atoms with E-state index in [1.54, 1.807) is 6.92 Å². The molecule has 0 aliphatic rings. The van der Waals surface area contributed by atoms with Gasteiger partial charge in [0.25, 0.3) is 5.78 Å². The third-order valence-electron chi connectivity index (χ3n) is 1.97. The van der Waals surface area contributed by atoms with Crippen LogP contribution >= 0.6 is 0 Å². The van der Waals surface area contributed by atoms with Gasteiger partial charge in [-0.2, -0.15) is 13.2 Å². The molecule has 100 valence electrons. The van der Waals surface area contributed by atoms with E-state index in [4.69, 9.17) is 0 Å². The van der Waals surface area contributed by atoms with Crippen molar-refractivity contribution in [2.45, 2.75) is 26.1 Å². The number of Topliss-reactive ketones (excluding diaryl/α,β-unsaturated/α-hetero) is 1. The molecule has 6 nitrogen and oxygen atoms in total. The van der Waals surface area contributed by atoms with Gasteiger partial charge in [0.15, 0.2) is 5.69 Å². The monoisotopic (exact) mass is 264 g/mol. The molecule has 0 aliphatic heterocycles. The van der Waals surface area contributed by atoms with E-state index in [2.05, 4.69) is 15.6 Å². The summed E-state index contributed by atoms with van der Waals surface area (Å²) in [7, 11) is 0. The lowest BCUT2D eigenvalue weighted by molar-refractivity contribution is -0.121. The maximum absolute atomic E-state index is 12.1. The molecular formula is C9H11F3N4O2. The van der Waals surface area contributed by atoms with Gasteiger partial charge in [0.2, 0.25) is 5.91 Å². The minimum Gasteiger partial charge on any atom is -0.356 e. The third-order valence-corrected chi connectivity index (χ3v) is 1.97. The molecule has 0 saturated carbocycles. The zero-order valence-electron chi connectivity index (χ0n) is 9.49. The van der Waals surface area contributed by atoms with Crippen LogP contribution < -0.4 is 5.32 Å². The van der Waals surface area contributed by atoms with Crippen molar-refractivity contribution in [3.8, 4) is 0 Å². The Morgan fingerprint density at radius 1 is 1.44 bits per heavy atom. The van der Waals surface area contributed by atoms with Crippen molar-refractivity contribution in [3.05, 3.63) is 11.9 Å². The summed E-state index contributed by atoms with van der Waals surface area (Å²) in [5.41, 5.74) is -0.779. The molecule has 1 rings (SSSR count). The minimum absolute atomic E-state index is 0.0524. The lowest BCUT2D eigenvalue weighted by Gasteiger charge is -2.01. The number of halogens is 3. The highest BCUT2D eigenvalue weighted by Crippen LogP contribution is 2.19. The number of amides is 1. The minimum atomic E-state index is -4.97. The first-order valence-electron chi connectivity index (χ1n) is 5.13. The van der Waals surface area contributed by atoms with Crippen LogP contribution in [0.3, 0.4) is 0 Å². The maximum atomic E-state index is 12.1. The van der Waals surface area contributed by atoms with Crippen LogP contribution in [-0.4, -0.2) is 39.4 Å². The van der Waals surface area contributed by atoms with Gasteiger partial charge in [-0.15, -0.1) is 5.10 Å². The van der Waals surface area contributed by atoms with E-state index in [1.807, 2.05) is 0 Å².